The molecule has 1 heterocycles. The number of pyridine rings is 1. The maximum atomic E-state index is 11.6. The van der Waals surface area contributed by atoms with E-state index in [0.717, 1.165) is 0 Å². The number of aliphatic hydroxyl groups excluding tert-OH is 1. The lowest BCUT2D eigenvalue weighted by atomic mass is 10.1. The fourth-order valence-corrected chi connectivity index (χ4v) is 1.37. The van der Waals surface area contributed by atoms with E-state index in [-0.39, 0.29) is 11.9 Å². The summed E-state index contributed by atoms with van der Waals surface area (Å²) in [5.74, 6) is -0.156. The average molecular weight is 208 g/mol. The minimum atomic E-state index is -0.408. The summed E-state index contributed by atoms with van der Waals surface area (Å²) < 4.78 is 0. The fraction of sp³-hybridized carbons (Fsp3) is 0.455. The van der Waals surface area contributed by atoms with Crippen molar-refractivity contribution in [2.45, 2.75) is 32.4 Å². The third-order valence-corrected chi connectivity index (χ3v) is 2.00. The Bertz CT molecular complexity index is 312. The largest absolute Gasteiger partial charge is 0.393 e. The van der Waals surface area contributed by atoms with Crippen molar-refractivity contribution in [1.29, 1.82) is 0 Å². The molecule has 4 nitrogen and oxygen atoms in total. The van der Waals surface area contributed by atoms with Crippen LogP contribution >= 0.6 is 0 Å². The fourth-order valence-electron chi connectivity index (χ4n) is 1.37. The third-order valence-electron chi connectivity index (χ3n) is 2.00. The van der Waals surface area contributed by atoms with Crippen molar-refractivity contribution in [2.24, 2.45) is 0 Å². The molecule has 4 heteroatoms. The average Bonchev–Trinajstić information content (AvgIpc) is 2.17. The molecule has 2 unspecified atom stereocenters. The highest BCUT2D eigenvalue weighted by atomic mass is 16.3. The van der Waals surface area contributed by atoms with E-state index in [2.05, 4.69) is 10.3 Å². The number of carbonyl (C=O) groups excluding carboxylic acids is 1. The van der Waals surface area contributed by atoms with Gasteiger partial charge in [-0.2, -0.15) is 0 Å². The second kappa shape index (κ2) is 5.46. The van der Waals surface area contributed by atoms with Crippen molar-refractivity contribution in [3.63, 3.8) is 0 Å². The zero-order valence-electron chi connectivity index (χ0n) is 8.97. The van der Waals surface area contributed by atoms with Gasteiger partial charge < -0.3 is 10.4 Å². The first-order valence-corrected chi connectivity index (χ1v) is 4.98. The number of aliphatic hydroxyl groups is 1. The molecule has 1 aromatic rings. The summed E-state index contributed by atoms with van der Waals surface area (Å²) in [6.07, 6.45) is 3.28. The number of aromatic nitrogens is 1. The normalized spacial score (nSPS) is 14.3. The number of amides is 1. The molecule has 0 aliphatic carbocycles. The third kappa shape index (κ3) is 4.08. The quantitative estimate of drug-likeness (QED) is 0.775. The van der Waals surface area contributed by atoms with Crippen molar-refractivity contribution >= 4 is 5.91 Å². The van der Waals surface area contributed by atoms with Crippen molar-refractivity contribution in [3.8, 4) is 0 Å². The van der Waals surface area contributed by atoms with Gasteiger partial charge in [0.2, 0.25) is 0 Å². The van der Waals surface area contributed by atoms with Crippen LogP contribution in [0.1, 0.15) is 30.6 Å². The SMILES string of the molecule is CC(O)CC(C)NC(=O)c1cccnc1. The van der Waals surface area contributed by atoms with Crippen LogP contribution < -0.4 is 5.32 Å². The van der Waals surface area contributed by atoms with Crippen molar-refractivity contribution < 1.29 is 9.90 Å². The van der Waals surface area contributed by atoms with Gasteiger partial charge in [0.05, 0.1) is 11.7 Å². The van der Waals surface area contributed by atoms with Crippen molar-refractivity contribution in [1.82, 2.24) is 10.3 Å². The zero-order valence-corrected chi connectivity index (χ0v) is 8.97. The molecular formula is C11H16N2O2. The van der Waals surface area contributed by atoms with Gasteiger partial charge in [0.25, 0.3) is 5.91 Å². The Labute approximate surface area is 89.3 Å². The minimum Gasteiger partial charge on any atom is -0.393 e. The van der Waals surface area contributed by atoms with Gasteiger partial charge in [0, 0.05) is 18.4 Å². The molecule has 0 aliphatic rings. The van der Waals surface area contributed by atoms with E-state index in [4.69, 9.17) is 5.11 Å². The lowest BCUT2D eigenvalue weighted by molar-refractivity contribution is 0.0922. The second-order valence-electron chi connectivity index (χ2n) is 3.70. The maximum Gasteiger partial charge on any atom is 0.253 e. The molecule has 0 radical (unpaired) electrons. The molecule has 15 heavy (non-hydrogen) atoms. The molecule has 0 bridgehead atoms. The van der Waals surface area contributed by atoms with Gasteiger partial charge in [-0.3, -0.25) is 9.78 Å². The highest BCUT2D eigenvalue weighted by molar-refractivity contribution is 5.93. The lowest BCUT2D eigenvalue weighted by Gasteiger charge is -2.15. The van der Waals surface area contributed by atoms with E-state index >= 15 is 0 Å². The molecule has 0 aromatic carbocycles. The van der Waals surface area contributed by atoms with Gasteiger partial charge in [-0.1, -0.05) is 0 Å². The van der Waals surface area contributed by atoms with Crippen LogP contribution in [0.5, 0.6) is 0 Å². The summed E-state index contributed by atoms with van der Waals surface area (Å²) in [7, 11) is 0. The topological polar surface area (TPSA) is 62.2 Å². The molecule has 1 aromatic heterocycles. The predicted octanol–water partition coefficient (Wildman–Crippen LogP) is 0.971. The molecular weight excluding hydrogens is 192 g/mol. The molecule has 2 N–H and O–H groups in total. The number of carbonyl (C=O) groups is 1. The number of rotatable bonds is 4. The monoisotopic (exact) mass is 208 g/mol. The number of nitrogens with zero attached hydrogens (tertiary/aromatic N) is 1. The van der Waals surface area contributed by atoms with Crippen LogP contribution in [0.4, 0.5) is 0 Å². The van der Waals surface area contributed by atoms with Crippen molar-refractivity contribution in [3.05, 3.63) is 30.1 Å². The Balaban J connectivity index is 2.49. The molecule has 1 amide bonds. The van der Waals surface area contributed by atoms with Gasteiger partial charge >= 0.3 is 0 Å². The van der Waals surface area contributed by atoms with E-state index in [0.29, 0.717) is 12.0 Å². The van der Waals surface area contributed by atoms with Crippen LogP contribution in [0.25, 0.3) is 0 Å². The standard InChI is InChI=1S/C11H16N2O2/c1-8(6-9(2)14)13-11(15)10-4-3-5-12-7-10/h3-5,7-9,14H,6H2,1-2H3,(H,13,15). The Kier molecular flexibility index (Phi) is 4.24. The Morgan fingerprint density at radius 1 is 1.60 bits per heavy atom. The predicted molar refractivity (Wildman–Crippen MR) is 57.5 cm³/mol. The summed E-state index contributed by atoms with van der Waals surface area (Å²) in [5.41, 5.74) is 0.537. The first kappa shape index (κ1) is 11.7. The van der Waals surface area contributed by atoms with Crippen molar-refractivity contribution in [2.75, 3.05) is 0 Å². The Morgan fingerprint density at radius 2 is 2.33 bits per heavy atom. The summed E-state index contributed by atoms with van der Waals surface area (Å²) in [4.78, 5) is 15.5. The molecule has 1 rings (SSSR count). The van der Waals surface area contributed by atoms with E-state index in [1.54, 1.807) is 25.3 Å². The van der Waals surface area contributed by atoms with Crippen LogP contribution in [0, 0.1) is 0 Å². The number of hydrogen-bond donors (Lipinski definition) is 2. The highest BCUT2D eigenvalue weighted by Gasteiger charge is 2.11. The molecule has 0 fully saturated rings. The maximum absolute atomic E-state index is 11.6. The van der Waals surface area contributed by atoms with E-state index < -0.39 is 6.10 Å². The van der Waals surface area contributed by atoms with Crippen LogP contribution in [0.2, 0.25) is 0 Å². The first-order valence-electron chi connectivity index (χ1n) is 4.98. The summed E-state index contributed by atoms with van der Waals surface area (Å²) in [6.45, 7) is 3.56. The van der Waals surface area contributed by atoms with E-state index in [9.17, 15) is 4.79 Å². The van der Waals surface area contributed by atoms with E-state index in [1.165, 1.54) is 6.20 Å². The van der Waals surface area contributed by atoms with Gasteiger partial charge in [-0.05, 0) is 32.4 Å². The summed E-state index contributed by atoms with van der Waals surface area (Å²) >= 11 is 0. The summed E-state index contributed by atoms with van der Waals surface area (Å²) in [6, 6.07) is 3.38. The van der Waals surface area contributed by atoms with Crippen LogP contribution in [0.3, 0.4) is 0 Å². The molecule has 0 spiro atoms. The van der Waals surface area contributed by atoms with Crippen LogP contribution in [-0.4, -0.2) is 28.1 Å². The van der Waals surface area contributed by atoms with Gasteiger partial charge in [0.15, 0.2) is 0 Å². The Hall–Kier alpha value is -1.42. The van der Waals surface area contributed by atoms with Gasteiger partial charge in [-0.15, -0.1) is 0 Å². The molecule has 0 aliphatic heterocycles. The molecule has 82 valence electrons. The summed E-state index contributed by atoms with van der Waals surface area (Å²) in [5, 5.41) is 11.9. The smallest absolute Gasteiger partial charge is 0.253 e. The first-order chi connectivity index (χ1) is 7.09. The Morgan fingerprint density at radius 3 is 2.87 bits per heavy atom. The van der Waals surface area contributed by atoms with E-state index in [1.807, 2.05) is 6.92 Å². The highest BCUT2D eigenvalue weighted by Crippen LogP contribution is 2.00. The second-order valence-corrected chi connectivity index (χ2v) is 3.70. The number of nitrogens with one attached hydrogen (secondary N) is 1. The molecule has 0 saturated heterocycles. The minimum absolute atomic E-state index is 0.0438. The molecule has 0 saturated carbocycles. The number of hydrogen-bond acceptors (Lipinski definition) is 3. The molecule has 2 atom stereocenters. The zero-order chi connectivity index (χ0) is 11.3. The van der Waals surface area contributed by atoms with Gasteiger partial charge in [-0.25, -0.2) is 0 Å². The van der Waals surface area contributed by atoms with Crippen LogP contribution in [-0.2, 0) is 0 Å². The van der Waals surface area contributed by atoms with Gasteiger partial charge in [0.1, 0.15) is 0 Å². The lowest BCUT2D eigenvalue weighted by Crippen LogP contribution is -2.34. The van der Waals surface area contributed by atoms with Crippen LogP contribution in [0.15, 0.2) is 24.5 Å².